The second-order valence-electron chi connectivity index (χ2n) is 14.2. The number of Topliss-reactive ketones (excluding diaryl/α,β-unsaturated/α-hetero) is 1. The molecule has 36 heavy (non-hydrogen) atoms. The topological polar surface area (TPSA) is 37.3 Å². The molecule has 4 aliphatic carbocycles. The Bertz CT molecular complexity index is 976. The van der Waals surface area contributed by atoms with Crippen molar-refractivity contribution in [3.05, 3.63) is 41.5 Å². The maximum Gasteiger partial charge on any atom is 0.162 e. The Labute approximate surface area is 220 Å². The van der Waals surface area contributed by atoms with Gasteiger partial charge in [0.15, 0.2) is 5.78 Å². The van der Waals surface area contributed by atoms with E-state index in [2.05, 4.69) is 34.6 Å². The Hall–Kier alpha value is -1.57. The molecule has 4 saturated carbocycles. The zero-order chi connectivity index (χ0) is 25.7. The number of hydrogen-bond donors (Lipinski definition) is 1. The van der Waals surface area contributed by atoms with Crippen LogP contribution in [0.1, 0.15) is 111 Å². The maximum atomic E-state index is 13.2. The lowest BCUT2D eigenvalue weighted by molar-refractivity contribution is -0.133. The largest absolute Gasteiger partial charge is 0.507 e. The van der Waals surface area contributed by atoms with Crippen molar-refractivity contribution < 1.29 is 9.90 Å². The number of allylic oxidation sites excluding steroid dienone is 1. The summed E-state index contributed by atoms with van der Waals surface area (Å²) in [5, 5.41) is 11.2. The van der Waals surface area contributed by atoms with Gasteiger partial charge >= 0.3 is 0 Å². The lowest BCUT2D eigenvalue weighted by atomic mass is 9.44. The third-order valence-corrected chi connectivity index (χ3v) is 11.9. The Balaban J connectivity index is 1.36. The van der Waals surface area contributed by atoms with Crippen molar-refractivity contribution in [3.8, 4) is 0 Å². The summed E-state index contributed by atoms with van der Waals surface area (Å²) in [6.07, 6.45) is 13.6. The third kappa shape index (κ3) is 4.39. The third-order valence-electron chi connectivity index (χ3n) is 11.9. The maximum absolute atomic E-state index is 13.2. The van der Waals surface area contributed by atoms with Crippen LogP contribution in [0.4, 0.5) is 0 Å². The number of carbonyl (C=O) groups excluding carboxylic acids is 1. The molecule has 0 aromatic heterocycles. The molecule has 0 radical (unpaired) electrons. The fourth-order valence-electron chi connectivity index (χ4n) is 9.98. The zero-order valence-corrected chi connectivity index (χ0v) is 23.6. The van der Waals surface area contributed by atoms with Crippen LogP contribution in [0.2, 0.25) is 0 Å². The van der Waals surface area contributed by atoms with Gasteiger partial charge in [-0.2, -0.15) is 0 Å². The van der Waals surface area contributed by atoms with Crippen LogP contribution in [0.15, 0.2) is 35.9 Å². The molecule has 4 aliphatic rings. The van der Waals surface area contributed by atoms with Gasteiger partial charge in [-0.1, -0.05) is 84.2 Å². The summed E-state index contributed by atoms with van der Waals surface area (Å²) in [4.78, 5) is 13.2. The first-order chi connectivity index (χ1) is 17.1. The van der Waals surface area contributed by atoms with E-state index < -0.39 is 0 Å². The summed E-state index contributed by atoms with van der Waals surface area (Å²) < 4.78 is 0. The minimum absolute atomic E-state index is 0.136. The van der Waals surface area contributed by atoms with Gasteiger partial charge in [-0.05, 0) is 97.2 Å². The molecular formula is C34H50O2. The molecule has 4 fully saturated rings. The van der Waals surface area contributed by atoms with Gasteiger partial charge in [-0.25, -0.2) is 0 Å². The predicted molar refractivity (Wildman–Crippen MR) is 149 cm³/mol. The molecule has 0 heterocycles. The first-order valence-corrected chi connectivity index (χ1v) is 15.2. The Morgan fingerprint density at radius 1 is 0.944 bits per heavy atom. The Kier molecular flexibility index (Phi) is 7.20. The van der Waals surface area contributed by atoms with Gasteiger partial charge in [0.2, 0.25) is 0 Å². The van der Waals surface area contributed by atoms with Gasteiger partial charge in [-0.15, -0.1) is 0 Å². The highest BCUT2D eigenvalue weighted by Gasteiger charge is 2.61. The summed E-state index contributed by atoms with van der Waals surface area (Å²) in [5.74, 6) is 5.78. The molecule has 0 saturated heterocycles. The summed E-state index contributed by atoms with van der Waals surface area (Å²) in [6, 6.07) is 9.72. The quantitative estimate of drug-likeness (QED) is 0.319. The second-order valence-corrected chi connectivity index (χ2v) is 14.2. The standard InChI is InChI=1S/C34H50O2/c1-22(2)10-9-11-23(3)28-16-17-29-26-15-14-25-20-31(35)27(32(36)24-12-7-6-8-13-24)21-34(25,5)30(26)18-19-33(28,29)4/h6-8,12-13,22-23,25-26,28-30,36H,9-11,14-21H2,1-5H3/b32-27-/t23-,25+,26-,28+,29-,30-,33+,34-/m0/s1. The minimum atomic E-state index is 0.136. The van der Waals surface area contributed by atoms with E-state index in [4.69, 9.17) is 0 Å². The van der Waals surface area contributed by atoms with Gasteiger partial charge in [0.05, 0.1) is 0 Å². The molecule has 198 valence electrons. The average molecular weight is 491 g/mol. The summed E-state index contributed by atoms with van der Waals surface area (Å²) >= 11 is 0. The Morgan fingerprint density at radius 3 is 2.39 bits per heavy atom. The molecule has 1 N–H and O–H groups in total. The van der Waals surface area contributed by atoms with E-state index in [1.807, 2.05) is 30.3 Å². The summed E-state index contributed by atoms with van der Waals surface area (Å²) in [7, 11) is 0. The Morgan fingerprint density at radius 2 is 1.67 bits per heavy atom. The number of fused-ring (bicyclic) bond motifs is 5. The van der Waals surface area contributed by atoms with Gasteiger partial charge in [0.25, 0.3) is 0 Å². The fraction of sp³-hybridized carbons (Fsp3) is 0.735. The summed E-state index contributed by atoms with van der Waals surface area (Å²) in [5.41, 5.74) is 2.13. The summed E-state index contributed by atoms with van der Waals surface area (Å²) in [6.45, 7) is 12.4. The van der Waals surface area contributed by atoms with Gasteiger partial charge in [0, 0.05) is 17.6 Å². The normalized spacial score (nSPS) is 40.4. The number of benzene rings is 1. The van der Waals surface area contributed by atoms with Crippen LogP contribution in [0.25, 0.3) is 5.76 Å². The molecule has 2 heteroatoms. The van der Waals surface area contributed by atoms with Crippen molar-refractivity contribution in [2.24, 2.45) is 52.3 Å². The van der Waals surface area contributed by atoms with Gasteiger partial charge in [-0.3, -0.25) is 4.79 Å². The van der Waals surface area contributed by atoms with E-state index in [0.29, 0.717) is 29.2 Å². The lowest BCUT2D eigenvalue weighted by Crippen LogP contribution is -2.54. The van der Waals surface area contributed by atoms with Crippen LogP contribution in [0.3, 0.4) is 0 Å². The van der Waals surface area contributed by atoms with Crippen LogP contribution >= 0.6 is 0 Å². The molecule has 5 rings (SSSR count). The van der Waals surface area contributed by atoms with Gasteiger partial charge in [0.1, 0.15) is 5.76 Å². The number of hydrogen-bond acceptors (Lipinski definition) is 2. The van der Waals surface area contributed by atoms with Crippen LogP contribution in [-0.4, -0.2) is 10.9 Å². The number of rotatable bonds is 6. The van der Waals surface area contributed by atoms with Crippen molar-refractivity contribution in [2.45, 2.75) is 105 Å². The first-order valence-electron chi connectivity index (χ1n) is 15.2. The van der Waals surface area contributed by atoms with E-state index in [1.54, 1.807) is 0 Å². The molecule has 8 atom stereocenters. The van der Waals surface area contributed by atoms with E-state index in [-0.39, 0.29) is 17.0 Å². The fourth-order valence-corrected chi connectivity index (χ4v) is 9.98. The van der Waals surface area contributed by atoms with Crippen molar-refractivity contribution in [2.75, 3.05) is 0 Å². The highest BCUT2D eigenvalue weighted by molar-refractivity contribution is 6.02. The molecule has 2 nitrogen and oxygen atoms in total. The lowest BCUT2D eigenvalue weighted by Gasteiger charge is -2.60. The molecule has 0 unspecified atom stereocenters. The van der Waals surface area contributed by atoms with E-state index in [0.717, 1.165) is 41.6 Å². The number of carbonyl (C=O) groups is 1. The monoisotopic (exact) mass is 490 g/mol. The smallest absolute Gasteiger partial charge is 0.162 e. The minimum Gasteiger partial charge on any atom is -0.507 e. The average Bonchev–Trinajstić information content (AvgIpc) is 3.21. The van der Waals surface area contributed by atoms with Crippen molar-refractivity contribution in [1.29, 1.82) is 0 Å². The van der Waals surface area contributed by atoms with Crippen LogP contribution in [-0.2, 0) is 4.79 Å². The molecular weight excluding hydrogens is 440 g/mol. The van der Waals surface area contributed by atoms with Gasteiger partial charge < -0.3 is 5.11 Å². The molecule has 0 amide bonds. The number of aliphatic hydroxyl groups excluding tert-OH is 1. The highest BCUT2D eigenvalue weighted by atomic mass is 16.3. The van der Waals surface area contributed by atoms with Crippen molar-refractivity contribution in [1.82, 2.24) is 0 Å². The zero-order valence-electron chi connectivity index (χ0n) is 23.6. The van der Waals surface area contributed by atoms with Crippen LogP contribution in [0, 0.1) is 52.3 Å². The number of aliphatic hydroxyl groups is 1. The van der Waals surface area contributed by atoms with Crippen molar-refractivity contribution >= 4 is 11.5 Å². The van der Waals surface area contributed by atoms with E-state index >= 15 is 0 Å². The second kappa shape index (κ2) is 9.95. The van der Waals surface area contributed by atoms with Crippen molar-refractivity contribution in [3.63, 3.8) is 0 Å². The first kappa shape index (κ1) is 26.1. The molecule has 0 spiro atoms. The predicted octanol–water partition coefficient (Wildman–Crippen LogP) is 9.26. The molecule has 0 bridgehead atoms. The molecule has 1 aromatic carbocycles. The van der Waals surface area contributed by atoms with Crippen LogP contribution < -0.4 is 0 Å². The van der Waals surface area contributed by atoms with Crippen LogP contribution in [0.5, 0.6) is 0 Å². The van der Waals surface area contributed by atoms with E-state index in [9.17, 15) is 9.90 Å². The number of ketones is 1. The SMILES string of the molecule is CC(C)CCC[C@H](C)[C@H]1CC[C@H]2[C@@H]3CC[C@@H]4CC(=O)/C(=C(\O)c5ccccc5)C[C@]4(C)[C@H]3CC[C@]12C. The molecule has 1 aromatic rings. The molecule has 0 aliphatic heterocycles. The highest BCUT2D eigenvalue weighted by Crippen LogP contribution is 2.68. The van der Waals surface area contributed by atoms with E-state index in [1.165, 1.54) is 57.8 Å².